The van der Waals surface area contributed by atoms with Gasteiger partial charge in [-0.05, 0) is 49.4 Å². The van der Waals surface area contributed by atoms with E-state index in [9.17, 15) is 14.0 Å². The van der Waals surface area contributed by atoms with Crippen LogP contribution in [0.2, 0.25) is 0 Å². The topological polar surface area (TPSA) is 58.6 Å². The monoisotopic (exact) mass is 342 g/mol. The van der Waals surface area contributed by atoms with Gasteiger partial charge in [0.2, 0.25) is 5.91 Å². The maximum absolute atomic E-state index is 13.3. The average Bonchev–Trinajstić information content (AvgIpc) is 2.96. The minimum atomic E-state index is -0.396. The van der Waals surface area contributed by atoms with Gasteiger partial charge in [-0.2, -0.15) is 0 Å². The highest BCUT2D eigenvalue weighted by atomic mass is 19.1. The van der Waals surface area contributed by atoms with Crippen LogP contribution in [0.15, 0.2) is 48.5 Å². The number of hydrogen-bond donors (Lipinski definition) is 1. The Labute approximate surface area is 145 Å². The van der Waals surface area contributed by atoms with E-state index in [1.807, 2.05) is 6.92 Å². The summed E-state index contributed by atoms with van der Waals surface area (Å²) in [6, 6.07) is 12.4. The molecule has 130 valence electrons. The number of carbonyl (C=O) groups excluding carboxylic acids is 2. The van der Waals surface area contributed by atoms with Crippen LogP contribution in [-0.2, 0) is 4.79 Å². The molecule has 0 aromatic heterocycles. The molecule has 1 atom stereocenters. The van der Waals surface area contributed by atoms with Crippen molar-refractivity contribution in [2.75, 3.05) is 18.1 Å². The summed E-state index contributed by atoms with van der Waals surface area (Å²) in [4.78, 5) is 26.0. The number of nitrogens with one attached hydrogen (secondary N) is 1. The fourth-order valence-corrected chi connectivity index (χ4v) is 2.84. The lowest BCUT2D eigenvalue weighted by molar-refractivity contribution is -0.117. The number of amides is 2. The van der Waals surface area contributed by atoms with Gasteiger partial charge in [-0.3, -0.25) is 9.59 Å². The second-order valence-corrected chi connectivity index (χ2v) is 5.82. The van der Waals surface area contributed by atoms with Gasteiger partial charge in [0.15, 0.2) is 0 Å². The smallest absolute Gasteiger partial charge is 0.251 e. The number of anilines is 1. The number of halogens is 1. The first kappa shape index (κ1) is 17.0. The molecule has 25 heavy (non-hydrogen) atoms. The number of carbonyl (C=O) groups is 2. The standard InChI is InChI=1S/C19H19FN2O3/c1-2-25-17-8-6-13(7-9-17)19(24)21-15-11-18(23)22(12-15)16-5-3-4-14(20)10-16/h3-10,15H,2,11-12H2,1H3,(H,21,24)/t15-/m1/s1. The zero-order valence-electron chi connectivity index (χ0n) is 13.9. The molecule has 1 heterocycles. The van der Waals surface area contributed by atoms with Crippen LogP contribution in [0.5, 0.6) is 5.75 Å². The van der Waals surface area contributed by atoms with Gasteiger partial charge in [-0.1, -0.05) is 6.07 Å². The van der Waals surface area contributed by atoms with Gasteiger partial charge in [-0.15, -0.1) is 0 Å². The van der Waals surface area contributed by atoms with Crippen LogP contribution >= 0.6 is 0 Å². The zero-order valence-corrected chi connectivity index (χ0v) is 13.9. The molecule has 1 fully saturated rings. The van der Waals surface area contributed by atoms with Crippen molar-refractivity contribution in [3.63, 3.8) is 0 Å². The normalized spacial score (nSPS) is 16.8. The van der Waals surface area contributed by atoms with Crippen LogP contribution in [0.3, 0.4) is 0 Å². The van der Waals surface area contributed by atoms with Crippen molar-refractivity contribution < 1.29 is 18.7 Å². The van der Waals surface area contributed by atoms with E-state index < -0.39 is 5.82 Å². The number of benzene rings is 2. The highest BCUT2D eigenvalue weighted by Crippen LogP contribution is 2.22. The van der Waals surface area contributed by atoms with E-state index in [4.69, 9.17) is 4.74 Å². The Kier molecular flexibility index (Phi) is 4.97. The van der Waals surface area contributed by atoms with Crippen molar-refractivity contribution in [1.29, 1.82) is 0 Å². The minimum Gasteiger partial charge on any atom is -0.494 e. The molecule has 3 rings (SSSR count). The summed E-state index contributed by atoms with van der Waals surface area (Å²) in [5.41, 5.74) is 1.00. The number of ether oxygens (including phenoxy) is 1. The first-order valence-electron chi connectivity index (χ1n) is 8.16. The molecule has 1 aliphatic rings. The lowest BCUT2D eigenvalue weighted by Gasteiger charge is -2.17. The molecule has 2 aromatic rings. The quantitative estimate of drug-likeness (QED) is 0.909. The molecular formula is C19H19FN2O3. The Morgan fingerprint density at radius 1 is 1.28 bits per heavy atom. The van der Waals surface area contributed by atoms with Crippen LogP contribution < -0.4 is 15.0 Å². The van der Waals surface area contributed by atoms with Crippen LogP contribution in [0.1, 0.15) is 23.7 Å². The van der Waals surface area contributed by atoms with Crippen LogP contribution in [0, 0.1) is 5.82 Å². The van der Waals surface area contributed by atoms with Crippen molar-refractivity contribution in [2.45, 2.75) is 19.4 Å². The summed E-state index contributed by atoms with van der Waals surface area (Å²) in [5, 5.41) is 2.86. The molecule has 2 aromatic carbocycles. The Morgan fingerprint density at radius 2 is 2.04 bits per heavy atom. The molecule has 0 radical (unpaired) electrons. The Bertz CT molecular complexity index is 776. The van der Waals surface area contributed by atoms with Crippen molar-refractivity contribution in [3.8, 4) is 5.75 Å². The van der Waals surface area contributed by atoms with Crippen LogP contribution in [0.25, 0.3) is 0 Å². The Balaban J connectivity index is 1.63. The SMILES string of the molecule is CCOc1ccc(C(=O)N[C@@H]2CC(=O)N(c3cccc(F)c3)C2)cc1. The molecule has 2 amide bonds. The molecule has 0 aliphatic carbocycles. The largest absolute Gasteiger partial charge is 0.494 e. The fourth-order valence-electron chi connectivity index (χ4n) is 2.84. The molecule has 1 aliphatic heterocycles. The highest BCUT2D eigenvalue weighted by molar-refractivity contribution is 5.99. The van der Waals surface area contributed by atoms with Crippen molar-refractivity contribution in [2.24, 2.45) is 0 Å². The maximum Gasteiger partial charge on any atom is 0.251 e. The second-order valence-electron chi connectivity index (χ2n) is 5.82. The Morgan fingerprint density at radius 3 is 2.72 bits per heavy atom. The Hall–Kier alpha value is -2.89. The molecule has 0 bridgehead atoms. The first-order chi connectivity index (χ1) is 12.1. The first-order valence-corrected chi connectivity index (χ1v) is 8.16. The molecule has 0 saturated carbocycles. The van der Waals surface area contributed by atoms with Gasteiger partial charge in [0.1, 0.15) is 11.6 Å². The van der Waals surface area contributed by atoms with Crippen LogP contribution in [0.4, 0.5) is 10.1 Å². The molecule has 5 nitrogen and oxygen atoms in total. The molecule has 0 unspecified atom stereocenters. The van der Waals surface area contributed by atoms with Gasteiger partial charge in [-0.25, -0.2) is 4.39 Å². The maximum atomic E-state index is 13.3. The van der Waals surface area contributed by atoms with Crippen molar-refractivity contribution in [3.05, 3.63) is 59.9 Å². The highest BCUT2D eigenvalue weighted by Gasteiger charge is 2.31. The summed E-state index contributed by atoms with van der Waals surface area (Å²) in [6.07, 6.45) is 0.194. The van der Waals surface area contributed by atoms with Gasteiger partial charge >= 0.3 is 0 Å². The molecule has 1 saturated heterocycles. The third-order valence-electron chi connectivity index (χ3n) is 4.01. The number of rotatable bonds is 5. The molecule has 0 spiro atoms. The predicted molar refractivity (Wildman–Crippen MR) is 92.2 cm³/mol. The van der Waals surface area contributed by atoms with Gasteiger partial charge in [0.05, 0.1) is 12.6 Å². The molecular weight excluding hydrogens is 323 g/mol. The zero-order chi connectivity index (χ0) is 17.8. The minimum absolute atomic E-state index is 0.136. The van der Waals surface area contributed by atoms with Crippen molar-refractivity contribution >= 4 is 17.5 Å². The van der Waals surface area contributed by atoms with E-state index in [0.29, 0.717) is 30.2 Å². The van der Waals surface area contributed by atoms with Gasteiger partial charge < -0.3 is 15.0 Å². The van der Waals surface area contributed by atoms with Gasteiger partial charge in [0, 0.05) is 24.2 Å². The van der Waals surface area contributed by atoms with E-state index in [2.05, 4.69) is 5.32 Å². The fraction of sp³-hybridized carbons (Fsp3) is 0.263. The van der Waals surface area contributed by atoms with E-state index in [1.54, 1.807) is 36.4 Å². The summed E-state index contributed by atoms with van der Waals surface area (Å²) < 4.78 is 18.7. The molecule has 6 heteroatoms. The van der Waals surface area contributed by atoms with Crippen LogP contribution in [-0.4, -0.2) is 31.0 Å². The average molecular weight is 342 g/mol. The summed E-state index contributed by atoms with van der Waals surface area (Å²) in [5.74, 6) is -0.0796. The summed E-state index contributed by atoms with van der Waals surface area (Å²) in [7, 11) is 0. The third-order valence-corrected chi connectivity index (χ3v) is 4.01. The van der Waals surface area contributed by atoms with Crippen molar-refractivity contribution in [1.82, 2.24) is 5.32 Å². The second kappa shape index (κ2) is 7.34. The number of hydrogen-bond acceptors (Lipinski definition) is 3. The predicted octanol–water partition coefficient (Wildman–Crippen LogP) is 2.76. The van der Waals surface area contributed by atoms with Gasteiger partial charge in [0.25, 0.3) is 5.91 Å². The molecule has 1 N–H and O–H groups in total. The summed E-state index contributed by atoms with van der Waals surface area (Å²) in [6.45, 7) is 2.78. The van der Waals surface area contributed by atoms with E-state index in [-0.39, 0.29) is 24.3 Å². The summed E-state index contributed by atoms with van der Waals surface area (Å²) >= 11 is 0. The van der Waals surface area contributed by atoms with E-state index in [1.165, 1.54) is 17.0 Å². The van der Waals surface area contributed by atoms with E-state index in [0.717, 1.165) is 0 Å². The lowest BCUT2D eigenvalue weighted by Crippen LogP contribution is -2.37. The number of nitrogens with zero attached hydrogens (tertiary/aromatic N) is 1. The lowest BCUT2D eigenvalue weighted by atomic mass is 10.2. The third kappa shape index (κ3) is 3.96. The van der Waals surface area contributed by atoms with E-state index >= 15 is 0 Å².